The van der Waals surface area contributed by atoms with Crippen molar-refractivity contribution in [3.8, 4) is 11.5 Å². The Morgan fingerprint density at radius 1 is 0.939 bits per heavy atom. The highest BCUT2D eigenvalue weighted by molar-refractivity contribution is 6.18. The molecule has 0 aliphatic carbocycles. The van der Waals surface area contributed by atoms with Gasteiger partial charge in [-0.2, -0.15) is 0 Å². The lowest BCUT2D eigenvalue weighted by Crippen LogP contribution is -2.24. The number of rotatable bonds is 12. The number of alkyl halides is 2. The van der Waals surface area contributed by atoms with Crippen molar-refractivity contribution in [3.05, 3.63) is 71.5 Å². The van der Waals surface area contributed by atoms with Crippen LogP contribution in [0, 0.1) is 0 Å². The zero-order valence-electron chi connectivity index (χ0n) is 18.7. The summed E-state index contributed by atoms with van der Waals surface area (Å²) in [7, 11) is 0. The first kappa shape index (κ1) is 25.0. The zero-order chi connectivity index (χ0) is 23.8. The van der Waals surface area contributed by atoms with Crippen LogP contribution in [0.25, 0.3) is 0 Å². The number of aliphatic hydroxyl groups excluding tert-OH is 2. The van der Waals surface area contributed by atoms with Crippen molar-refractivity contribution < 1.29 is 24.1 Å². The van der Waals surface area contributed by atoms with Gasteiger partial charge >= 0.3 is 0 Å². The summed E-state index contributed by atoms with van der Waals surface area (Å²) in [4.78, 5) is 0. The Kier molecular flexibility index (Phi) is 8.66. The largest absolute Gasteiger partial charge is 0.491 e. The second-order valence-electron chi connectivity index (χ2n) is 8.32. The molecule has 3 aromatic rings. The smallest absolute Gasteiger partial charge is 0.135 e. The molecule has 2 atom stereocenters. The van der Waals surface area contributed by atoms with Crippen LogP contribution >= 0.6 is 11.6 Å². The number of hydrogen-bond donors (Lipinski definition) is 2. The molecule has 0 radical (unpaired) electrons. The van der Waals surface area contributed by atoms with Gasteiger partial charge in [-0.1, -0.05) is 43.3 Å². The molecule has 0 unspecified atom stereocenters. The van der Waals surface area contributed by atoms with Gasteiger partial charge in [-0.25, -0.2) is 9.07 Å². The Morgan fingerprint density at radius 2 is 1.45 bits per heavy atom. The molecule has 0 amide bonds. The van der Waals surface area contributed by atoms with E-state index in [9.17, 15) is 14.6 Å². The summed E-state index contributed by atoms with van der Waals surface area (Å²) in [5, 5.41) is 27.1. The Morgan fingerprint density at radius 3 is 1.91 bits per heavy atom. The predicted molar refractivity (Wildman–Crippen MR) is 124 cm³/mol. The maximum absolute atomic E-state index is 12.5. The molecule has 9 heteroatoms. The quantitative estimate of drug-likeness (QED) is 0.389. The van der Waals surface area contributed by atoms with Crippen molar-refractivity contribution in [2.45, 2.75) is 44.7 Å². The molecule has 0 saturated heterocycles. The molecule has 33 heavy (non-hydrogen) atoms. The average Bonchev–Trinajstić information content (AvgIpc) is 3.29. The van der Waals surface area contributed by atoms with Gasteiger partial charge in [0.05, 0.1) is 18.6 Å². The third-order valence-corrected chi connectivity index (χ3v) is 5.69. The molecule has 0 fully saturated rings. The predicted octanol–water partition coefficient (Wildman–Crippen LogP) is 3.49. The number of benzene rings is 2. The van der Waals surface area contributed by atoms with E-state index in [1.165, 1.54) is 10.9 Å². The Bertz CT molecular complexity index is 996. The summed E-state index contributed by atoms with van der Waals surface area (Å²) >= 11 is 5.59. The Balaban J connectivity index is 1.55. The summed E-state index contributed by atoms with van der Waals surface area (Å²) in [5.74, 6) is 1.44. The molecule has 7 nitrogen and oxygen atoms in total. The fourth-order valence-electron chi connectivity index (χ4n) is 3.29. The molecular formula is C24H29ClFN3O4. The molecule has 178 valence electrons. The van der Waals surface area contributed by atoms with Crippen LogP contribution in [0.2, 0.25) is 0 Å². The van der Waals surface area contributed by atoms with E-state index in [2.05, 4.69) is 24.2 Å². The van der Waals surface area contributed by atoms with Crippen LogP contribution in [0.15, 0.2) is 54.7 Å². The van der Waals surface area contributed by atoms with E-state index in [0.29, 0.717) is 11.5 Å². The van der Waals surface area contributed by atoms with Gasteiger partial charge in [-0.05, 0) is 35.4 Å². The van der Waals surface area contributed by atoms with Crippen LogP contribution in [0.1, 0.15) is 30.7 Å². The molecule has 3 rings (SSSR count). The monoisotopic (exact) mass is 476 g/mol. The SMILES string of the molecule is CC(C)(c1ccc(OC[C@@H](O)CCl)cc1)c1ccc(OC[C@H](O)Cn2cc(C[18F])nn2)cc1. The molecule has 2 N–H and O–H groups in total. The van der Waals surface area contributed by atoms with E-state index < -0.39 is 18.9 Å². The minimum atomic E-state index is -0.804. The number of aromatic nitrogens is 3. The van der Waals surface area contributed by atoms with Gasteiger partial charge in [-0.3, -0.25) is 0 Å². The Labute approximate surface area is 197 Å². The molecule has 0 bridgehead atoms. The van der Waals surface area contributed by atoms with E-state index in [4.69, 9.17) is 21.1 Å². The summed E-state index contributed by atoms with van der Waals surface area (Å²) in [6, 6.07) is 15.5. The number of nitrogens with zero attached hydrogens (tertiary/aromatic N) is 3. The van der Waals surface area contributed by atoms with Crippen LogP contribution in [0.3, 0.4) is 0 Å². The molecule has 1 aromatic heterocycles. The van der Waals surface area contributed by atoms with E-state index in [0.717, 1.165) is 11.1 Å². The standard InChI is InChI=1S/C24H29ClFN3O4/c1-24(2,17-3-7-22(8-4-17)32-15-20(30)11-25)18-5-9-23(10-6-18)33-16-21(31)14-29-13-19(12-26)27-28-29/h3-10,13,20-21,30-31H,11-12,14-16H2,1-2H3/t20-,21+/m0/s1/i26-1. The fourth-order valence-corrected chi connectivity index (χ4v) is 3.38. The van der Waals surface area contributed by atoms with E-state index >= 15 is 0 Å². The van der Waals surface area contributed by atoms with E-state index in [-0.39, 0.29) is 36.7 Å². The van der Waals surface area contributed by atoms with Gasteiger partial charge in [0.25, 0.3) is 0 Å². The summed E-state index contributed by atoms with van der Waals surface area (Å²) in [6.07, 6.45) is -0.0369. The summed E-state index contributed by atoms with van der Waals surface area (Å²) in [6.45, 7) is 3.97. The van der Waals surface area contributed by atoms with Crippen molar-refractivity contribution in [1.29, 1.82) is 0 Å². The first-order valence-corrected chi connectivity index (χ1v) is 11.2. The number of ether oxygens (including phenoxy) is 2. The molecule has 1 heterocycles. The number of halogens is 2. The van der Waals surface area contributed by atoms with Crippen molar-refractivity contribution in [2.24, 2.45) is 0 Å². The Hall–Kier alpha value is -2.68. The summed E-state index contributed by atoms with van der Waals surface area (Å²) in [5.41, 5.74) is 2.18. The van der Waals surface area contributed by atoms with Crippen molar-refractivity contribution in [2.75, 3.05) is 19.1 Å². The maximum Gasteiger partial charge on any atom is 0.135 e. The van der Waals surface area contributed by atoms with Gasteiger partial charge in [0.15, 0.2) is 0 Å². The third kappa shape index (κ3) is 6.90. The highest BCUT2D eigenvalue weighted by Crippen LogP contribution is 2.33. The molecule has 0 saturated carbocycles. The molecule has 0 aliphatic rings. The normalized spacial score (nSPS) is 13.5. The minimum Gasteiger partial charge on any atom is -0.491 e. The molecule has 0 aliphatic heterocycles. The molecule has 0 spiro atoms. The molecule has 2 aromatic carbocycles. The van der Waals surface area contributed by atoms with Crippen LogP contribution < -0.4 is 9.47 Å². The minimum absolute atomic E-state index is 0.0768. The van der Waals surface area contributed by atoms with Crippen LogP contribution in [0.4, 0.5) is 4.39 Å². The molecular weight excluding hydrogens is 448 g/mol. The second-order valence-corrected chi connectivity index (χ2v) is 8.63. The second kappa shape index (κ2) is 11.4. The highest BCUT2D eigenvalue weighted by atomic mass is 35.5. The fraction of sp³-hybridized carbons (Fsp3) is 0.417. The van der Waals surface area contributed by atoms with Gasteiger partial charge < -0.3 is 19.7 Å². The van der Waals surface area contributed by atoms with E-state index in [1.807, 2.05) is 48.5 Å². The maximum atomic E-state index is 12.5. The lowest BCUT2D eigenvalue weighted by molar-refractivity contribution is 0.0888. The van der Waals surface area contributed by atoms with Crippen LogP contribution in [-0.4, -0.2) is 56.5 Å². The van der Waals surface area contributed by atoms with Gasteiger partial charge in [-0.15, -0.1) is 16.7 Å². The van der Waals surface area contributed by atoms with E-state index in [1.54, 1.807) is 0 Å². The number of hydrogen-bond acceptors (Lipinski definition) is 6. The number of aliphatic hydroxyl groups is 2. The van der Waals surface area contributed by atoms with Crippen molar-refractivity contribution >= 4 is 11.6 Å². The van der Waals surface area contributed by atoms with Crippen molar-refractivity contribution in [1.82, 2.24) is 15.0 Å². The average molecular weight is 477 g/mol. The first-order valence-electron chi connectivity index (χ1n) is 10.7. The lowest BCUT2D eigenvalue weighted by Gasteiger charge is -2.26. The summed E-state index contributed by atoms with van der Waals surface area (Å²) < 4.78 is 25.2. The first-order chi connectivity index (χ1) is 15.8. The van der Waals surface area contributed by atoms with Crippen molar-refractivity contribution in [3.63, 3.8) is 0 Å². The lowest BCUT2D eigenvalue weighted by atomic mass is 9.78. The third-order valence-electron chi connectivity index (χ3n) is 5.34. The van der Waals surface area contributed by atoms with Crippen LogP contribution in [0.5, 0.6) is 11.5 Å². The topological polar surface area (TPSA) is 89.6 Å². The van der Waals surface area contributed by atoms with Gasteiger partial charge in [0.2, 0.25) is 0 Å². The zero-order valence-corrected chi connectivity index (χ0v) is 19.5. The highest BCUT2D eigenvalue weighted by Gasteiger charge is 2.23. The van der Waals surface area contributed by atoms with Crippen LogP contribution in [-0.2, 0) is 18.6 Å². The van der Waals surface area contributed by atoms with Gasteiger partial charge in [0.1, 0.15) is 49.3 Å². The van der Waals surface area contributed by atoms with Gasteiger partial charge in [0, 0.05) is 5.41 Å².